The standard InChI is InChI=1S/C22H36FN5/c1-6-28(7-2)21-9-8-18(14-20(21)23)15-25-22(24-5)26-19-10-12-27(13-11-19)16-17(3)4/h8-9,14,19H,3,6-7,10-13,15-16H2,1-2,4-5H3,(H2,24,25,26). The third-order valence-electron chi connectivity index (χ3n) is 5.22. The molecule has 0 radical (unpaired) electrons. The van der Waals surface area contributed by atoms with Crippen molar-refractivity contribution in [3.05, 3.63) is 41.7 Å². The van der Waals surface area contributed by atoms with Crippen molar-refractivity contribution in [2.24, 2.45) is 4.99 Å². The summed E-state index contributed by atoms with van der Waals surface area (Å²) in [5.41, 5.74) is 2.79. The topological polar surface area (TPSA) is 42.9 Å². The van der Waals surface area contributed by atoms with Gasteiger partial charge in [-0.3, -0.25) is 9.89 Å². The highest BCUT2D eigenvalue weighted by Crippen LogP contribution is 2.20. The van der Waals surface area contributed by atoms with Crippen LogP contribution in [-0.4, -0.2) is 56.7 Å². The third-order valence-corrected chi connectivity index (χ3v) is 5.22. The summed E-state index contributed by atoms with van der Waals surface area (Å²) in [5, 5.41) is 6.81. The molecule has 0 aliphatic carbocycles. The van der Waals surface area contributed by atoms with Crippen LogP contribution in [0.5, 0.6) is 0 Å². The van der Waals surface area contributed by atoms with Gasteiger partial charge < -0.3 is 15.5 Å². The van der Waals surface area contributed by atoms with Crippen LogP contribution in [0.15, 0.2) is 35.3 Å². The zero-order valence-electron chi connectivity index (χ0n) is 17.9. The Morgan fingerprint density at radius 1 is 1.29 bits per heavy atom. The van der Waals surface area contributed by atoms with Gasteiger partial charge >= 0.3 is 0 Å². The molecule has 1 heterocycles. The van der Waals surface area contributed by atoms with Crippen molar-refractivity contribution in [3.63, 3.8) is 0 Å². The average Bonchev–Trinajstić information content (AvgIpc) is 2.68. The number of hydrogen-bond acceptors (Lipinski definition) is 3. The van der Waals surface area contributed by atoms with E-state index in [4.69, 9.17) is 0 Å². The Hall–Kier alpha value is -2.08. The summed E-state index contributed by atoms with van der Waals surface area (Å²) >= 11 is 0. The highest BCUT2D eigenvalue weighted by atomic mass is 19.1. The molecule has 28 heavy (non-hydrogen) atoms. The van der Waals surface area contributed by atoms with Gasteiger partial charge in [-0.15, -0.1) is 0 Å². The van der Waals surface area contributed by atoms with Crippen molar-refractivity contribution in [2.75, 3.05) is 44.7 Å². The lowest BCUT2D eigenvalue weighted by Crippen LogP contribution is -2.48. The Balaban J connectivity index is 1.84. The average molecular weight is 390 g/mol. The number of benzene rings is 1. The lowest BCUT2D eigenvalue weighted by molar-refractivity contribution is 0.221. The highest BCUT2D eigenvalue weighted by molar-refractivity contribution is 5.80. The van der Waals surface area contributed by atoms with E-state index in [2.05, 4.69) is 34.0 Å². The van der Waals surface area contributed by atoms with E-state index in [-0.39, 0.29) is 5.82 Å². The van der Waals surface area contributed by atoms with E-state index >= 15 is 0 Å². The van der Waals surface area contributed by atoms with Crippen molar-refractivity contribution >= 4 is 11.6 Å². The van der Waals surface area contributed by atoms with Gasteiger partial charge in [0.05, 0.1) is 5.69 Å². The summed E-state index contributed by atoms with van der Waals surface area (Å²) in [4.78, 5) is 8.79. The van der Waals surface area contributed by atoms with E-state index in [0.29, 0.717) is 18.3 Å². The minimum atomic E-state index is -0.171. The van der Waals surface area contributed by atoms with E-state index in [0.717, 1.165) is 57.1 Å². The van der Waals surface area contributed by atoms with E-state index in [9.17, 15) is 4.39 Å². The molecule has 0 saturated carbocycles. The molecule has 1 saturated heterocycles. The molecule has 0 aromatic heterocycles. The summed E-state index contributed by atoms with van der Waals surface area (Å²) in [7, 11) is 1.77. The summed E-state index contributed by atoms with van der Waals surface area (Å²) in [6, 6.07) is 5.87. The lowest BCUT2D eigenvalue weighted by atomic mass is 10.0. The van der Waals surface area contributed by atoms with Crippen molar-refractivity contribution in [2.45, 2.75) is 46.2 Å². The zero-order chi connectivity index (χ0) is 20.5. The summed E-state index contributed by atoms with van der Waals surface area (Å²) < 4.78 is 14.5. The predicted molar refractivity (Wildman–Crippen MR) is 118 cm³/mol. The minimum absolute atomic E-state index is 0.171. The maximum atomic E-state index is 14.5. The number of rotatable bonds is 8. The second-order valence-electron chi connectivity index (χ2n) is 7.54. The van der Waals surface area contributed by atoms with Crippen LogP contribution >= 0.6 is 0 Å². The summed E-state index contributed by atoms with van der Waals surface area (Å²) in [5.74, 6) is 0.599. The number of nitrogens with one attached hydrogen (secondary N) is 2. The predicted octanol–water partition coefficient (Wildman–Crippen LogP) is 3.38. The molecular weight excluding hydrogens is 353 g/mol. The third kappa shape index (κ3) is 6.51. The number of likely N-dealkylation sites (tertiary alicyclic amines) is 1. The number of hydrogen-bond donors (Lipinski definition) is 2. The SMILES string of the molecule is C=C(C)CN1CCC(NC(=NC)NCc2ccc(N(CC)CC)c(F)c2)CC1. The van der Waals surface area contributed by atoms with E-state index < -0.39 is 0 Å². The molecule has 1 aromatic carbocycles. The second-order valence-corrected chi connectivity index (χ2v) is 7.54. The Morgan fingerprint density at radius 3 is 2.50 bits per heavy atom. The first-order chi connectivity index (χ1) is 13.5. The first-order valence-corrected chi connectivity index (χ1v) is 10.3. The van der Waals surface area contributed by atoms with Crippen molar-refractivity contribution < 1.29 is 4.39 Å². The van der Waals surface area contributed by atoms with Crippen LogP contribution in [-0.2, 0) is 6.54 Å². The van der Waals surface area contributed by atoms with E-state index in [1.165, 1.54) is 5.57 Å². The molecule has 2 rings (SSSR count). The van der Waals surface area contributed by atoms with Gasteiger partial charge in [-0.2, -0.15) is 0 Å². The molecule has 0 spiro atoms. The van der Waals surface area contributed by atoms with E-state index in [1.54, 1.807) is 13.1 Å². The Kier molecular flexibility index (Phi) is 8.77. The normalized spacial score (nSPS) is 16.1. The van der Waals surface area contributed by atoms with Gasteiger partial charge in [-0.1, -0.05) is 18.2 Å². The Bertz CT molecular complexity index is 661. The van der Waals surface area contributed by atoms with Gasteiger partial charge in [-0.25, -0.2) is 4.39 Å². The molecule has 1 aromatic rings. The number of aliphatic imine (C=N–C) groups is 1. The van der Waals surface area contributed by atoms with Gasteiger partial charge in [0.2, 0.25) is 0 Å². The first kappa shape index (κ1) is 22.2. The molecule has 0 unspecified atom stereocenters. The number of piperidine rings is 1. The van der Waals surface area contributed by atoms with Gasteiger partial charge in [-0.05, 0) is 51.3 Å². The second kappa shape index (κ2) is 11.1. The fraction of sp³-hybridized carbons (Fsp3) is 0.591. The van der Waals surface area contributed by atoms with Crippen molar-refractivity contribution in [1.82, 2.24) is 15.5 Å². The molecule has 1 fully saturated rings. The Morgan fingerprint density at radius 2 is 1.96 bits per heavy atom. The number of guanidine groups is 1. The molecule has 0 amide bonds. The molecule has 6 heteroatoms. The molecule has 1 aliphatic rings. The highest BCUT2D eigenvalue weighted by Gasteiger charge is 2.19. The smallest absolute Gasteiger partial charge is 0.191 e. The van der Waals surface area contributed by atoms with Gasteiger partial charge in [0.1, 0.15) is 5.82 Å². The maximum Gasteiger partial charge on any atom is 0.191 e. The van der Waals surface area contributed by atoms with Crippen LogP contribution in [0.4, 0.5) is 10.1 Å². The van der Waals surface area contributed by atoms with Crippen LogP contribution in [0.25, 0.3) is 0 Å². The van der Waals surface area contributed by atoms with Crippen LogP contribution < -0.4 is 15.5 Å². The summed E-state index contributed by atoms with van der Waals surface area (Å²) in [6.07, 6.45) is 2.17. The maximum absolute atomic E-state index is 14.5. The number of halogens is 1. The van der Waals surface area contributed by atoms with Crippen LogP contribution in [0.3, 0.4) is 0 Å². The lowest BCUT2D eigenvalue weighted by Gasteiger charge is -2.33. The first-order valence-electron chi connectivity index (χ1n) is 10.3. The largest absolute Gasteiger partial charge is 0.370 e. The quantitative estimate of drug-likeness (QED) is 0.406. The monoisotopic (exact) mass is 389 g/mol. The molecule has 1 aliphatic heterocycles. The van der Waals surface area contributed by atoms with Crippen molar-refractivity contribution in [1.29, 1.82) is 0 Å². The number of nitrogens with zero attached hydrogens (tertiary/aromatic N) is 3. The fourth-order valence-electron chi connectivity index (χ4n) is 3.67. The molecule has 156 valence electrons. The minimum Gasteiger partial charge on any atom is -0.370 e. The molecular formula is C22H36FN5. The number of anilines is 1. The van der Waals surface area contributed by atoms with Gasteiger partial charge in [0.25, 0.3) is 0 Å². The fourth-order valence-corrected chi connectivity index (χ4v) is 3.67. The van der Waals surface area contributed by atoms with Crippen LogP contribution in [0.1, 0.15) is 39.2 Å². The molecule has 2 N–H and O–H groups in total. The van der Waals surface area contributed by atoms with Crippen molar-refractivity contribution in [3.8, 4) is 0 Å². The van der Waals surface area contributed by atoms with Crippen LogP contribution in [0, 0.1) is 5.82 Å². The molecule has 0 atom stereocenters. The van der Waals surface area contributed by atoms with Gasteiger partial charge in [0, 0.05) is 52.4 Å². The van der Waals surface area contributed by atoms with E-state index in [1.807, 2.05) is 30.9 Å². The van der Waals surface area contributed by atoms with Gasteiger partial charge in [0.15, 0.2) is 5.96 Å². The zero-order valence-corrected chi connectivity index (χ0v) is 17.9. The summed E-state index contributed by atoms with van der Waals surface area (Å²) in [6.45, 7) is 15.4. The molecule has 5 nitrogen and oxygen atoms in total. The van der Waals surface area contributed by atoms with Crippen LogP contribution in [0.2, 0.25) is 0 Å². The Labute approximate surface area is 169 Å². The molecule has 0 bridgehead atoms.